The Kier molecular flexibility index (Phi) is 74.5. The van der Waals surface area contributed by atoms with Crippen LogP contribution in [-0.4, -0.2) is 17.5 Å². The maximum absolute atomic E-state index is 4.05. The molecule has 2 atom stereocenters. The van der Waals surface area contributed by atoms with E-state index in [0.717, 1.165) is 17.7 Å². The van der Waals surface area contributed by atoms with Crippen molar-refractivity contribution in [3.8, 4) is 0 Å². The molecule has 0 aromatic heterocycles. The summed E-state index contributed by atoms with van der Waals surface area (Å²) >= 11 is 0. The van der Waals surface area contributed by atoms with Crippen LogP contribution in [0.3, 0.4) is 0 Å². The van der Waals surface area contributed by atoms with E-state index in [1.807, 2.05) is 12.2 Å². The molecule has 0 aliphatic heterocycles. The van der Waals surface area contributed by atoms with Crippen molar-refractivity contribution >= 4 is 32.7 Å². The number of halogens is 2. The Morgan fingerprint density at radius 3 is 1.52 bits per heavy atom. The number of hydrogen-bond donors (Lipinski definition) is 0. The minimum absolute atomic E-state index is 0. The normalized spacial score (nSPS) is 13.1. The Balaban J connectivity index is -0.0000000278. The van der Waals surface area contributed by atoms with E-state index in [2.05, 4.69) is 46.8 Å². The summed E-state index contributed by atoms with van der Waals surface area (Å²) in [7, 11) is 0.208. The van der Waals surface area contributed by atoms with Gasteiger partial charge < -0.3 is 36.6 Å². The smallest absolute Gasteiger partial charge is 0 e. The topological polar surface area (TPSA) is 0 Å². The molecular weight excluding hydrogens is 378 g/mol. The second kappa shape index (κ2) is 34.5. The van der Waals surface area contributed by atoms with Gasteiger partial charge in [-0.15, -0.1) is 39.2 Å². The summed E-state index contributed by atoms with van der Waals surface area (Å²) in [5.41, 5.74) is 1.83. The van der Waals surface area contributed by atoms with E-state index in [9.17, 15) is 0 Å². The first kappa shape index (κ1) is 49.6. The van der Waals surface area contributed by atoms with Crippen LogP contribution in [0.4, 0.5) is 0 Å². The third-order valence-corrected chi connectivity index (χ3v) is 6.67. The van der Waals surface area contributed by atoms with E-state index in [1.165, 1.54) is 19.0 Å². The summed E-state index contributed by atoms with van der Waals surface area (Å²) in [5, 5.41) is 0. The summed E-state index contributed by atoms with van der Waals surface area (Å²) in [6.45, 7) is 13.4. The largest absolute Gasteiger partial charge is 0.358 e. The van der Waals surface area contributed by atoms with Gasteiger partial charge in [0.2, 0.25) is 0 Å². The number of allylic oxidation sites excluding steroid dienone is 4. The molecule has 1 aliphatic carbocycles. The zero-order chi connectivity index (χ0) is 12.4. The molecule has 2 unspecified atom stereocenters. The third-order valence-electron chi connectivity index (χ3n) is 3.16. The first-order valence-electron chi connectivity index (χ1n) is 6.44. The molecule has 0 saturated heterocycles. The standard InChI is InChI=1S/C10H22P.C5H5.4CH3.2ClH.Ti/c1-6-9(4)11(8-3)10(5)7-2;1-2-4-5-3-1;;;;;;;/h9-10H,3,6-8H2,1-2,4-5H3;1-3H,4H2;4*1H3;2*1H;/q6*-1;;;. The Bertz CT molecular complexity index is 201. The molecule has 23 heavy (non-hydrogen) atoms. The van der Waals surface area contributed by atoms with Crippen LogP contribution in [0.25, 0.3) is 0 Å². The molecular formula is C19H41Cl2PTi-6. The molecule has 1 rings (SSSR count). The van der Waals surface area contributed by atoms with E-state index in [1.54, 1.807) is 0 Å². The maximum Gasteiger partial charge on any atom is 0 e. The van der Waals surface area contributed by atoms with Crippen molar-refractivity contribution in [2.45, 2.75) is 58.3 Å². The molecule has 0 radical (unpaired) electrons. The van der Waals surface area contributed by atoms with E-state index in [0.29, 0.717) is 0 Å². The van der Waals surface area contributed by atoms with E-state index in [4.69, 9.17) is 0 Å². The van der Waals surface area contributed by atoms with Crippen LogP contribution in [0.15, 0.2) is 18.2 Å². The molecule has 0 amide bonds. The third kappa shape index (κ3) is 25.6. The van der Waals surface area contributed by atoms with Gasteiger partial charge in [0.25, 0.3) is 0 Å². The fraction of sp³-hybridized carbons (Fsp3) is 0.526. The van der Waals surface area contributed by atoms with Gasteiger partial charge in [-0.1, -0.05) is 27.7 Å². The first-order chi connectivity index (χ1) is 7.67. The Morgan fingerprint density at radius 1 is 1.00 bits per heavy atom. The number of rotatable bonds is 5. The predicted molar refractivity (Wildman–Crippen MR) is 118 cm³/mol. The second-order valence-electron chi connectivity index (χ2n) is 4.26. The molecule has 146 valence electrons. The van der Waals surface area contributed by atoms with Crippen molar-refractivity contribution < 1.29 is 21.7 Å². The van der Waals surface area contributed by atoms with Crippen LogP contribution in [0.5, 0.6) is 0 Å². The van der Waals surface area contributed by atoms with Gasteiger partial charge in [0, 0.05) is 21.7 Å². The zero-order valence-corrected chi connectivity index (χ0v) is 20.8. The monoisotopic (exact) mass is 418 g/mol. The van der Waals surface area contributed by atoms with Gasteiger partial charge >= 0.3 is 0 Å². The number of hydrogen-bond acceptors (Lipinski definition) is 0. The molecule has 0 spiro atoms. The minimum atomic E-state index is 0. The Hall–Kier alpha value is 1.20. The fourth-order valence-electron chi connectivity index (χ4n) is 1.68. The molecule has 0 aromatic carbocycles. The van der Waals surface area contributed by atoms with Gasteiger partial charge in [0.15, 0.2) is 0 Å². The van der Waals surface area contributed by atoms with Crippen molar-refractivity contribution in [2.24, 2.45) is 0 Å². The molecule has 1 aliphatic rings. The van der Waals surface area contributed by atoms with Crippen molar-refractivity contribution in [3.05, 3.63) is 60.9 Å². The minimum Gasteiger partial charge on any atom is -0.358 e. The SMILES string of the molecule is Cl.Cl.[C-]1=CC=CC1.[CH2-]CP(C(C)CC)C(C)CC.[CH3-].[CH3-].[CH3-].[CH3-].[Ti]. The van der Waals surface area contributed by atoms with E-state index in [-0.39, 0.29) is 84.2 Å². The van der Waals surface area contributed by atoms with E-state index < -0.39 is 0 Å². The summed E-state index contributed by atoms with van der Waals surface area (Å²) in [6, 6.07) is 0. The quantitative estimate of drug-likeness (QED) is 0.242. The van der Waals surface area contributed by atoms with Gasteiger partial charge in [0.05, 0.1) is 0 Å². The first-order valence-corrected chi connectivity index (χ1v) is 8.10. The van der Waals surface area contributed by atoms with E-state index >= 15 is 0 Å². The summed E-state index contributed by atoms with van der Waals surface area (Å²) in [4.78, 5) is 0. The second-order valence-corrected chi connectivity index (χ2v) is 7.49. The van der Waals surface area contributed by atoms with Crippen LogP contribution in [0, 0.1) is 42.7 Å². The molecule has 4 heteroatoms. The van der Waals surface area contributed by atoms with Gasteiger partial charge in [-0.2, -0.15) is 12.2 Å². The average Bonchev–Trinajstić information content (AvgIpc) is 2.88. The molecule has 0 N–H and O–H groups in total. The van der Waals surface area contributed by atoms with Crippen molar-refractivity contribution in [1.29, 1.82) is 0 Å². The molecule has 0 bridgehead atoms. The van der Waals surface area contributed by atoms with Crippen molar-refractivity contribution in [3.63, 3.8) is 0 Å². The van der Waals surface area contributed by atoms with Crippen LogP contribution < -0.4 is 0 Å². The fourth-order valence-corrected chi connectivity index (χ4v) is 4.37. The average molecular weight is 419 g/mol. The van der Waals surface area contributed by atoms with Crippen molar-refractivity contribution in [2.75, 3.05) is 6.16 Å². The molecule has 0 saturated carbocycles. The molecule has 0 heterocycles. The Morgan fingerprint density at radius 2 is 1.39 bits per heavy atom. The molecule has 0 aromatic rings. The van der Waals surface area contributed by atoms with Crippen LogP contribution in [-0.2, 0) is 21.7 Å². The van der Waals surface area contributed by atoms with Gasteiger partial charge in [-0.25, -0.2) is 12.2 Å². The summed E-state index contributed by atoms with van der Waals surface area (Å²) in [5.74, 6) is 0. The maximum atomic E-state index is 4.05. The van der Waals surface area contributed by atoms with Crippen LogP contribution >= 0.6 is 32.7 Å². The summed E-state index contributed by atoms with van der Waals surface area (Å²) in [6.07, 6.45) is 13.8. The van der Waals surface area contributed by atoms with Gasteiger partial charge in [0.1, 0.15) is 0 Å². The summed E-state index contributed by atoms with van der Waals surface area (Å²) < 4.78 is 0. The molecule has 0 fully saturated rings. The van der Waals surface area contributed by atoms with Gasteiger partial charge in [-0.05, 0) is 24.2 Å². The van der Waals surface area contributed by atoms with Crippen LogP contribution in [0.1, 0.15) is 47.0 Å². The Labute approximate surface area is 179 Å². The molecule has 0 nitrogen and oxygen atoms in total. The predicted octanol–water partition coefficient (Wildman–Crippen LogP) is 7.85. The van der Waals surface area contributed by atoms with Crippen LogP contribution in [0.2, 0.25) is 0 Å². The van der Waals surface area contributed by atoms with Crippen molar-refractivity contribution in [1.82, 2.24) is 0 Å². The van der Waals surface area contributed by atoms with Gasteiger partial charge in [-0.3, -0.25) is 6.08 Å². The zero-order valence-electron chi connectivity index (χ0n) is 16.7.